The summed E-state index contributed by atoms with van der Waals surface area (Å²) >= 11 is 11.2. The first-order valence-electron chi connectivity index (χ1n) is 9.05. The zero-order chi connectivity index (χ0) is 21.6. The van der Waals surface area contributed by atoms with E-state index in [4.69, 9.17) is 28.6 Å². The number of sulfonamides is 1. The smallest absolute Gasteiger partial charge is 0.261 e. The van der Waals surface area contributed by atoms with Crippen molar-refractivity contribution in [2.75, 3.05) is 22.0 Å². The third-order valence-corrected chi connectivity index (χ3v) is 5.76. The normalized spacial score (nSPS) is 10.9. The molecule has 0 aromatic heterocycles. The second kappa shape index (κ2) is 9.80. The highest BCUT2D eigenvalue weighted by molar-refractivity contribution is 7.92. The van der Waals surface area contributed by atoms with Crippen LogP contribution in [0.15, 0.2) is 77.7 Å². The fourth-order valence-corrected chi connectivity index (χ4v) is 4.05. The maximum Gasteiger partial charge on any atom is 0.261 e. The van der Waals surface area contributed by atoms with E-state index in [1.807, 2.05) is 31.2 Å². The van der Waals surface area contributed by atoms with E-state index in [-0.39, 0.29) is 4.90 Å². The standard InChI is InChI=1S/C21H20ClN3O3S2/c1-2-28-19-10-6-16(7-11-19)23-21(29)24-17-8-12-20(13-9-17)30(26,27)25-18-5-3-4-15(22)14-18/h3-14,25H,2H2,1H3,(H2,23,24,29). The maximum absolute atomic E-state index is 12.5. The Morgan fingerprint density at radius 3 is 2.10 bits per heavy atom. The van der Waals surface area contributed by atoms with Gasteiger partial charge in [-0.2, -0.15) is 0 Å². The van der Waals surface area contributed by atoms with Crippen LogP contribution in [-0.4, -0.2) is 20.1 Å². The number of hydrogen-bond acceptors (Lipinski definition) is 4. The third-order valence-electron chi connectivity index (χ3n) is 3.92. The van der Waals surface area contributed by atoms with Gasteiger partial charge in [0.2, 0.25) is 0 Å². The van der Waals surface area contributed by atoms with Crippen LogP contribution in [0.3, 0.4) is 0 Å². The molecule has 9 heteroatoms. The summed E-state index contributed by atoms with van der Waals surface area (Å²) in [6.45, 7) is 2.53. The van der Waals surface area contributed by atoms with Crippen LogP contribution in [0.5, 0.6) is 5.75 Å². The molecular weight excluding hydrogens is 442 g/mol. The summed E-state index contributed by atoms with van der Waals surface area (Å²) < 4.78 is 33.0. The SMILES string of the molecule is CCOc1ccc(NC(=S)Nc2ccc(S(=O)(=O)Nc3cccc(Cl)c3)cc2)cc1. The Hall–Kier alpha value is -2.81. The molecule has 0 heterocycles. The number of hydrogen-bond donors (Lipinski definition) is 3. The van der Waals surface area contributed by atoms with Gasteiger partial charge in [0, 0.05) is 16.4 Å². The van der Waals surface area contributed by atoms with E-state index in [1.165, 1.54) is 12.1 Å². The average molecular weight is 462 g/mol. The monoisotopic (exact) mass is 461 g/mol. The Labute approximate surface area is 186 Å². The average Bonchev–Trinajstić information content (AvgIpc) is 2.70. The first-order valence-corrected chi connectivity index (χ1v) is 11.3. The van der Waals surface area contributed by atoms with E-state index in [2.05, 4.69) is 15.4 Å². The molecule has 0 amide bonds. The Morgan fingerprint density at radius 2 is 1.53 bits per heavy atom. The number of halogens is 1. The molecule has 0 saturated carbocycles. The summed E-state index contributed by atoms with van der Waals surface area (Å²) in [5.41, 5.74) is 1.85. The zero-order valence-corrected chi connectivity index (χ0v) is 18.4. The number of ether oxygens (including phenoxy) is 1. The van der Waals surface area contributed by atoms with Gasteiger partial charge in [-0.1, -0.05) is 17.7 Å². The molecule has 0 saturated heterocycles. The quantitative estimate of drug-likeness (QED) is 0.412. The first kappa shape index (κ1) is 21.9. The van der Waals surface area contributed by atoms with Crippen LogP contribution in [-0.2, 0) is 10.0 Å². The van der Waals surface area contributed by atoms with Gasteiger partial charge in [0.25, 0.3) is 10.0 Å². The van der Waals surface area contributed by atoms with Gasteiger partial charge in [0.15, 0.2) is 5.11 Å². The summed E-state index contributed by atoms with van der Waals surface area (Å²) in [6, 6.07) is 20.2. The van der Waals surface area contributed by atoms with Crippen molar-refractivity contribution in [3.8, 4) is 5.75 Å². The second-order valence-corrected chi connectivity index (χ2v) is 8.70. The summed E-state index contributed by atoms with van der Waals surface area (Å²) in [4.78, 5) is 0.124. The van der Waals surface area contributed by atoms with Crippen LogP contribution in [0.4, 0.5) is 17.1 Å². The van der Waals surface area contributed by atoms with Gasteiger partial charge in [0.1, 0.15) is 5.75 Å². The van der Waals surface area contributed by atoms with Crippen molar-refractivity contribution in [2.45, 2.75) is 11.8 Å². The van der Waals surface area contributed by atoms with Gasteiger partial charge in [0.05, 0.1) is 17.2 Å². The van der Waals surface area contributed by atoms with E-state index in [0.717, 1.165) is 11.4 Å². The fraction of sp³-hybridized carbons (Fsp3) is 0.0952. The predicted molar refractivity (Wildman–Crippen MR) is 126 cm³/mol. The van der Waals surface area contributed by atoms with Crippen LogP contribution < -0.4 is 20.1 Å². The first-order chi connectivity index (χ1) is 14.4. The Morgan fingerprint density at radius 1 is 0.933 bits per heavy atom. The molecule has 0 atom stereocenters. The highest BCUT2D eigenvalue weighted by atomic mass is 35.5. The molecule has 0 unspecified atom stereocenters. The fourth-order valence-electron chi connectivity index (χ4n) is 2.58. The molecule has 156 valence electrons. The van der Waals surface area contributed by atoms with Crippen LogP contribution in [0.25, 0.3) is 0 Å². The summed E-state index contributed by atoms with van der Waals surface area (Å²) in [5, 5.41) is 6.92. The van der Waals surface area contributed by atoms with Crippen molar-refractivity contribution in [2.24, 2.45) is 0 Å². The number of anilines is 3. The zero-order valence-electron chi connectivity index (χ0n) is 16.1. The van der Waals surface area contributed by atoms with Gasteiger partial charge >= 0.3 is 0 Å². The van der Waals surface area contributed by atoms with Gasteiger partial charge in [-0.05, 0) is 85.9 Å². The predicted octanol–water partition coefficient (Wildman–Crippen LogP) is 5.35. The molecule has 0 fully saturated rings. The molecule has 3 aromatic rings. The maximum atomic E-state index is 12.5. The molecule has 0 aliphatic rings. The molecule has 30 heavy (non-hydrogen) atoms. The van der Waals surface area contributed by atoms with Crippen molar-refractivity contribution >= 4 is 56.0 Å². The van der Waals surface area contributed by atoms with Gasteiger partial charge in [-0.15, -0.1) is 0 Å². The summed E-state index contributed by atoms with van der Waals surface area (Å²) in [5.74, 6) is 0.783. The number of thiocarbonyl (C=S) groups is 1. The third kappa shape index (κ3) is 6.09. The van der Waals surface area contributed by atoms with Crippen LogP contribution in [0.1, 0.15) is 6.92 Å². The minimum atomic E-state index is -3.73. The van der Waals surface area contributed by atoms with Gasteiger partial charge < -0.3 is 15.4 Å². The van der Waals surface area contributed by atoms with E-state index >= 15 is 0 Å². The number of benzene rings is 3. The lowest BCUT2D eigenvalue weighted by Crippen LogP contribution is -2.19. The second-order valence-electron chi connectivity index (χ2n) is 6.18. The minimum absolute atomic E-state index is 0.124. The van der Waals surface area contributed by atoms with Crippen LogP contribution in [0.2, 0.25) is 5.02 Å². The van der Waals surface area contributed by atoms with E-state index in [0.29, 0.717) is 28.1 Å². The lowest BCUT2D eigenvalue weighted by Gasteiger charge is -2.12. The van der Waals surface area contributed by atoms with Crippen molar-refractivity contribution in [1.82, 2.24) is 0 Å². The molecule has 3 aromatic carbocycles. The number of rotatable bonds is 7. The summed E-state index contributed by atoms with van der Waals surface area (Å²) in [6.07, 6.45) is 0. The largest absolute Gasteiger partial charge is 0.494 e. The van der Waals surface area contributed by atoms with Crippen LogP contribution in [0, 0.1) is 0 Å². The van der Waals surface area contributed by atoms with Crippen molar-refractivity contribution < 1.29 is 13.2 Å². The Kier molecular flexibility index (Phi) is 7.15. The van der Waals surface area contributed by atoms with Crippen molar-refractivity contribution in [3.05, 3.63) is 77.8 Å². The topological polar surface area (TPSA) is 79.5 Å². The molecule has 0 radical (unpaired) electrons. The van der Waals surface area contributed by atoms with E-state index in [1.54, 1.807) is 36.4 Å². The van der Waals surface area contributed by atoms with Crippen molar-refractivity contribution in [3.63, 3.8) is 0 Å². The van der Waals surface area contributed by atoms with E-state index in [9.17, 15) is 8.42 Å². The molecular formula is C21H20ClN3O3S2. The summed E-state index contributed by atoms with van der Waals surface area (Å²) in [7, 11) is -3.73. The molecule has 3 rings (SSSR count). The lowest BCUT2D eigenvalue weighted by molar-refractivity contribution is 0.340. The minimum Gasteiger partial charge on any atom is -0.494 e. The van der Waals surface area contributed by atoms with E-state index < -0.39 is 10.0 Å². The van der Waals surface area contributed by atoms with Crippen LogP contribution >= 0.6 is 23.8 Å². The molecule has 0 aliphatic heterocycles. The molecule has 3 N–H and O–H groups in total. The van der Waals surface area contributed by atoms with Gasteiger partial charge in [-0.25, -0.2) is 8.42 Å². The van der Waals surface area contributed by atoms with Crippen molar-refractivity contribution in [1.29, 1.82) is 0 Å². The molecule has 0 spiro atoms. The highest BCUT2D eigenvalue weighted by Gasteiger charge is 2.14. The van der Waals surface area contributed by atoms with Gasteiger partial charge in [-0.3, -0.25) is 4.72 Å². The Balaban J connectivity index is 1.61. The molecule has 0 bridgehead atoms. The highest BCUT2D eigenvalue weighted by Crippen LogP contribution is 2.21. The lowest BCUT2D eigenvalue weighted by atomic mass is 10.3. The Bertz CT molecular complexity index is 1120. The molecule has 0 aliphatic carbocycles. The molecule has 6 nitrogen and oxygen atoms in total. The number of nitrogens with one attached hydrogen (secondary N) is 3.